The van der Waals surface area contributed by atoms with Crippen LogP contribution in [-0.4, -0.2) is 38.3 Å². The topological polar surface area (TPSA) is 91.2 Å². The summed E-state index contributed by atoms with van der Waals surface area (Å²) >= 11 is 0. The number of nitrogens with one attached hydrogen (secondary N) is 1. The molecular weight excluding hydrogens is 382 g/mol. The van der Waals surface area contributed by atoms with Crippen molar-refractivity contribution < 1.29 is 14.3 Å². The first-order valence-electron chi connectivity index (χ1n) is 11.0. The van der Waals surface area contributed by atoms with E-state index in [4.69, 9.17) is 14.5 Å². The molecule has 0 aliphatic heterocycles. The van der Waals surface area contributed by atoms with Gasteiger partial charge in [0.25, 0.3) is 0 Å². The maximum atomic E-state index is 12.1. The van der Waals surface area contributed by atoms with Crippen molar-refractivity contribution in [2.24, 2.45) is 7.05 Å². The molecule has 30 heavy (non-hydrogen) atoms. The van der Waals surface area contributed by atoms with Gasteiger partial charge in [-0.3, -0.25) is 0 Å². The van der Waals surface area contributed by atoms with Gasteiger partial charge < -0.3 is 14.8 Å². The summed E-state index contributed by atoms with van der Waals surface area (Å²) in [5.41, 5.74) is 2.95. The first kappa shape index (κ1) is 22.1. The standard InChI is InChI=1S/C22H33N5O3/c1-5-9-15(2)29-22(28)23-14-19-21(25-26-27(19)4)18-12-13-20(16(3)24-18)30-17-10-7-6-8-11-17/h12-13,15,17H,5-11,14H2,1-4H3,(H,23,28). The summed E-state index contributed by atoms with van der Waals surface area (Å²) in [5, 5.41) is 11.2. The van der Waals surface area contributed by atoms with Crippen molar-refractivity contribution in [3.63, 3.8) is 0 Å². The van der Waals surface area contributed by atoms with E-state index < -0.39 is 6.09 Å². The highest BCUT2D eigenvalue weighted by Gasteiger charge is 2.19. The second-order valence-corrected chi connectivity index (χ2v) is 8.02. The number of nitrogens with zero attached hydrogens (tertiary/aromatic N) is 4. The van der Waals surface area contributed by atoms with Crippen LogP contribution in [0.4, 0.5) is 4.79 Å². The molecule has 1 saturated carbocycles. The third-order valence-electron chi connectivity index (χ3n) is 5.47. The predicted molar refractivity (Wildman–Crippen MR) is 114 cm³/mol. The molecule has 0 saturated heterocycles. The number of ether oxygens (including phenoxy) is 2. The van der Waals surface area contributed by atoms with Gasteiger partial charge in [0.2, 0.25) is 0 Å². The highest BCUT2D eigenvalue weighted by atomic mass is 16.6. The number of hydrogen-bond acceptors (Lipinski definition) is 6. The number of carbonyl (C=O) groups is 1. The van der Waals surface area contributed by atoms with E-state index >= 15 is 0 Å². The molecule has 1 aliphatic rings. The molecule has 1 unspecified atom stereocenters. The van der Waals surface area contributed by atoms with E-state index in [9.17, 15) is 4.79 Å². The van der Waals surface area contributed by atoms with Crippen LogP contribution in [0.15, 0.2) is 12.1 Å². The van der Waals surface area contributed by atoms with Crippen LogP contribution in [0.1, 0.15) is 70.2 Å². The van der Waals surface area contributed by atoms with Gasteiger partial charge in [0.05, 0.1) is 29.7 Å². The summed E-state index contributed by atoms with van der Waals surface area (Å²) in [7, 11) is 1.80. The van der Waals surface area contributed by atoms with Crippen LogP contribution in [0.2, 0.25) is 0 Å². The summed E-state index contributed by atoms with van der Waals surface area (Å²) in [6.45, 7) is 6.16. The molecule has 8 nitrogen and oxygen atoms in total. The zero-order valence-corrected chi connectivity index (χ0v) is 18.5. The van der Waals surface area contributed by atoms with Gasteiger partial charge in [-0.1, -0.05) is 25.0 Å². The molecule has 1 atom stereocenters. The van der Waals surface area contributed by atoms with Gasteiger partial charge in [-0.05, 0) is 58.1 Å². The first-order chi connectivity index (χ1) is 14.5. The Morgan fingerprint density at radius 3 is 2.77 bits per heavy atom. The molecule has 164 valence electrons. The third kappa shape index (κ3) is 5.70. The van der Waals surface area contributed by atoms with E-state index in [0.717, 1.165) is 42.8 Å². The fourth-order valence-electron chi connectivity index (χ4n) is 3.79. The second kappa shape index (κ2) is 10.4. The van der Waals surface area contributed by atoms with Crippen LogP contribution in [0.3, 0.4) is 0 Å². The molecule has 1 N–H and O–H groups in total. The summed E-state index contributed by atoms with van der Waals surface area (Å²) in [6.07, 6.45) is 7.49. The fraction of sp³-hybridized carbons (Fsp3) is 0.636. The summed E-state index contributed by atoms with van der Waals surface area (Å²) < 4.78 is 13.2. The Kier molecular flexibility index (Phi) is 7.65. The van der Waals surface area contributed by atoms with E-state index in [-0.39, 0.29) is 18.8 Å². The molecule has 3 rings (SSSR count). The quantitative estimate of drug-likeness (QED) is 0.691. The monoisotopic (exact) mass is 415 g/mol. The van der Waals surface area contributed by atoms with Crippen LogP contribution in [0, 0.1) is 6.92 Å². The van der Waals surface area contributed by atoms with Crippen molar-refractivity contribution in [1.82, 2.24) is 25.3 Å². The molecule has 0 bridgehead atoms. The zero-order chi connectivity index (χ0) is 21.5. The van der Waals surface area contributed by atoms with Gasteiger partial charge >= 0.3 is 6.09 Å². The number of hydrogen-bond donors (Lipinski definition) is 1. The van der Waals surface area contributed by atoms with Crippen molar-refractivity contribution in [2.45, 2.75) is 84.5 Å². The van der Waals surface area contributed by atoms with Gasteiger partial charge in [0.1, 0.15) is 17.5 Å². The van der Waals surface area contributed by atoms with Crippen molar-refractivity contribution in [1.29, 1.82) is 0 Å². The van der Waals surface area contributed by atoms with E-state index in [2.05, 4.69) is 22.6 Å². The average molecular weight is 416 g/mol. The lowest BCUT2D eigenvalue weighted by Crippen LogP contribution is -2.28. The van der Waals surface area contributed by atoms with Crippen molar-refractivity contribution in [3.8, 4) is 17.1 Å². The molecular formula is C22H33N5O3. The van der Waals surface area contributed by atoms with E-state index in [1.165, 1.54) is 19.3 Å². The first-order valence-corrected chi connectivity index (χ1v) is 11.0. The predicted octanol–water partition coefficient (Wildman–Crippen LogP) is 4.31. The zero-order valence-electron chi connectivity index (χ0n) is 18.5. The van der Waals surface area contributed by atoms with Crippen molar-refractivity contribution in [3.05, 3.63) is 23.5 Å². The summed E-state index contributed by atoms with van der Waals surface area (Å²) in [5.74, 6) is 0.822. The Hall–Kier alpha value is -2.64. The molecule has 0 aromatic carbocycles. The SMILES string of the molecule is CCCC(C)OC(=O)NCc1c(-c2ccc(OC3CCCCC3)c(C)n2)nnn1C. The maximum Gasteiger partial charge on any atom is 0.407 e. The highest BCUT2D eigenvalue weighted by Crippen LogP contribution is 2.27. The average Bonchev–Trinajstić information content (AvgIpc) is 3.09. The van der Waals surface area contributed by atoms with Gasteiger partial charge in [-0.25, -0.2) is 14.5 Å². The lowest BCUT2D eigenvalue weighted by atomic mass is 9.98. The normalized spacial score (nSPS) is 15.6. The van der Waals surface area contributed by atoms with Crippen LogP contribution in [-0.2, 0) is 18.3 Å². The molecule has 0 radical (unpaired) electrons. The molecule has 8 heteroatoms. The van der Waals surface area contributed by atoms with Crippen molar-refractivity contribution in [2.75, 3.05) is 0 Å². The van der Waals surface area contributed by atoms with Crippen LogP contribution < -0.4 is 10.1 Å². The molecule has 2 heterocycles. The molecule has 1 aliphatic carbocycles. The molecule has 2 aromatic heterocycles. The number of alkyl carbamates (subject to hydrolysis) is 1. The van der Waals surface area contributed by atoms with Crippen LogP contribution >= 0.6 is 0 Å². The molecule has 1 amide bonds. The van der Waals surface area contributed by atoms with E-state index in [1.54, 1.807) is 11.7 Å². The fourth-order valence-corrected chi connectivity index (χ4v) is 3.79. The van der Waals surface area contributed by atoms with E-state index in [0.29, 0.717) is 11.4 Å². The maximum absolute atomic E-state index is 12.1. The van der Waals surface area contributed by atoms with Crippen LogP contribution in [0.25, 0.3) is 11.4 Å². The Balaban J connectivity index is 1.67. The lowest BCUT2D eigenvalue weighted by molar-refractivity contribution is 0.101. The van der Waals surface area contributed by atoms with Gasteiger partial charge in [0.15, 0.2) is 0 Å². The van der Waals surface area contributed by atoms with E-state index in [1.807, 2.05) is 26.0 Å². The summed E-state index contributed by atoms with van der Waals surface area (Å²) in [6, 6.07) is 3.86. The van der Waals surface area contributed by atoms with Gasteiger partial charge in [-0.15, -0.1) is 5.10 Å². The van der Waals surface area contributed by atoms with Crippen molar-refractivity contribution >= 4 is 6.09 Å². The number of pyridine rings is 1. The Labute approximate surface area is 178 Å². The van der Waals surface area contributed by atoms with Gasteiger partial charge in [0, 0.05) is 7.05 Å². The molecule has 2 aromatic rings. The number of aryl methyl sites for hydroxylation is 2. The molecule has 1 fully saturated rings. The minimum atomic E-state index is -0.441. The minimum Gasteiger partial charge on any atom is -0.489 e. The molecule has 0 spiro atoms. The number of amides is 1. The Bertz CT molecular complexity index is 845. The minimum absolute atomic E-state index is 0.111. The second-order valence-electron chi connectivity index (χ2n) is 8.02. The smallest absolute Gasteiger partial charge is 0.407 e. The number of aromatic nitrogens is 4. The van der Waals surface area contributed by atoms with Crippen LogP contribution in [0.5, 0.6) is 5.75 Å². The summed E-state index contributed by atoms with van der Waals surface area (Å²) in [4.78, 5) is 16.8. The number of carbonyl (C=O) groups excluding carboxylic acids is 1. The largest absolute Gasteiger partial charge is 0.489 e. The van der Waals surface area contributed by atoms with Gasteiger partial charge in [-0.2, -0.15) is 0 Å². The number of rotatable bonds is 8. The lowest BCUT2D eigenvalue weighted by Gasteiger charge is -2.23. The Morgan fingerprint density at radius 2 is 2.07 bits per heavy atom. The Morgan fingerprint density at radius 1 is 1.30 bits per heavy atom. The highest BCUT2D eigenvalue weighted by molar-refractivity contribution is 5.68. The third-order valence-corrected chi connectivity index (χ3v) is 5.47.